The van der Waals surface area contributed by atoms with Gasteiger partial charge in [-0.05, 0) is 50.2 Å². The van der Waals surface area contributed by atoms with Crippen LogP contribution in [-0.4, -0.2) is 25.9 Å². The molecule has 0 radical (unpaired) electrons. The van der Waals surface area contributed by atoms with Crippen LogP contribution in [0.25, 0.3) is 0 Å². The Kier molecular flexibility index (Phi) is 5.29. The van der Waals surface area contributed by atoms with Gasteiger partial charge in [0.15, 0.2) is 5.16 Å². The molecule has 1 aliphatic heterocycles. The van der Waals surface area contributed by atoms with Gasteiger partial charge in [-0.15, -0.1) is 10.2 Å². The molecular weight excluding hydrogens is 344 g/mol. The molecule has 1 aromatic heterocycles. The molecule has 138 valence electrons. The first-order valence-electron chi connectivity index (χ1n) is 9.69. The average molecular weight is 371 g/mol. The van der Waals surface area contributed by atoms with Crippen molar-refractivity contribution >= 4 is 17.7 Å². The number of hydrogen-bond acceptors (Lipinski definition) is 4. The first kappa shape index (κ1) is 17.6. The normalized spacial score (nSPS) is 20.6. The Bertz CT molecular complexity index is 788. The maximum absolute atomic E-state index is 12.8. The number of hydrogen-bond donors (Lipinski definition) is 1. The summed E-state index contributed by atoms with van der Waals surface area (Å²) in [4.78, 5) is 12.8. The summed E-state index contributed by atoms with van der Waals surface area (Å²) in [6.07, 6.45) is 7.83. The Morgan fingerprint density at radius 2 is 2.08 bits per heavy atom. The molecule has 0 fully saturated rings. The summed E-state index contributed by atoms with van der Waals surface area (Å²) in [5.41, 5.74) is 2.65. The van der Waals surface area contributed by atoms with E-state index in [0.29, 0.717) is 0 Å². The monoisotopic (exact) mass is 370 g/mol. The SMILES string of the molecule is C[C@H](Sc1nnc2n1CCCCC2)C(=O)N[C@H]1CCCc2ccccc21. The number of carbonyl (C=O) groups excluding carboxylic acids is 1. The van der Waals surface area contributed by atoms with Gasteiger partial charge in [0.05, 0.1) is 11.3 Å². The van der Waals surface area contributed by atoms with E-state index in [1.54, 1.807) is 0 Å². The van der Waals surface area contributed by atoms with Gasteiger partial charge in [0.2, 0.25) is 5.91 Å². The van der Waals surface area contributed by atoms with Crippen molar-refractivity contribution in [1.82, 2.24) is 20.1 Å². The highest BCUT2D eigenvalue weighted by atomic mass is 32.2. The highest BCUT2D eigenvalue weighted by molar-refractivity contribution is 8.00. The lowest BCUT2D eigenvalue weighted by atomic mass is 9.88. The van der Waals surface area contributed by atoms with Crippen molar-refractivity contribution in [2.75, 3.05) is 0 Å². The van der Waals surface area contributed by atoms with Gasteiger partial charge in [0.25, 0.3) is 0 Å². The molecule has 26 heavy (non-hydrogen) atoms. The third-order valence-corrected chi connectivity index (χ3v) is 6.49. The highest BCUT2D eigenvalue weighted by Crippen LogP contribution is 2.31. The standard InChI is InChI=1S/C20H26N4OS/c1-14(26-20-23-22-18-12-3-2-6-13-24(18)20)19(25)21-17-11-7-9-15-8-4-5-10-16(15)17/h4-5,8,10,14,17H,2-3,6-7,9,11-13H2,1H3,(H,21,25)/t14-,17-/m0/s1. The van der Waals surface area contributed by atoms with Gasteiger partial charge in [-0.1, -0.05) is 42.4 Å². The van der Waals surface area contributed by atoms with E-state index in [4.69, 9.17) is 0 Å². The fourth-order valence-electron chi connectivity index (χ4n) is 3.95. The molecule has 4 rings (SSSR count). The van der Waals surface area contributed by atoms with E-state index in [9.17, 15) is 4.79 Å². The summed E-state index contributed by atoms with van der Waals surface area (Å²) >= 11 is 1.53. The van der Waals surface area contributed by atoms with Gasteiger partial charge >= 0.3 is 0 Å². The minimum absolute atomic E-state index is 0.0858. The minimum Gasteiger partial charge on any atom is -0.348 e. The fraction of sp³-hybridized carbons (Fsp3) is 0.550. The fourth-order valence-corrected chi connectivity index (χ4v) is 4.85. The Morgan fingerprint density at radius 3 is 3.00 bits per heavy atom. The first-order valence-corrected chi connectivity index (χ1v) is 10.6. The number of benzene rings is 1. The molecule has 1 aromatic carbocycles. The third kappa shape index (κ3) is 3.65. The van der Waals surface area contributed by atoms with Gasteiger partial charge in [0, 0.05) is 13.0 Å². The zero-order valence-corrected chi connectivity index (χ0v) is 16.1. The molecule has 5 nitrogen and oxygen atoms in total. The van der Waals surface area contributed by atoms with Crippen LogP contribution in [0.5, 0.6) is 0 Å². The van der Waals surface area contributed by atoms with Crippen molar-refractivity contribution in [2.24, 2.45) is 0 Å². The number of nitrogens with zero attached hydrogens (tertiary/aromatic N) is 3. The van der Waals surface area contributed by atoms with Crippen LogP contribution in [0.2, 0.25) is 0 Å². The molecule has 2 heterocycles. The number of rotatable bonds is 4. The average Bonchev–Trinajstić information content (AvgIpc) is 2.88. The Hall–Kier alpha value is -1.82. The van der Waals surface area contributed by atoms with Crippen molar-refractivity contribution in [3.63, 3.8) is 0 Å². The van der Waals surface area contributed by atoms with Gasteiger partial charge in [-0.3, -0.25) is 4.79 Å². The van der Waals surface area contributed by atoms with Crippen LogP contribution < -0.4 is 5.32 Å². The molecule has 0 bridgehead atoms. The topological polar surface area (TPSA) is 59.8 Å². The van der Waals surface area contributed by atoms with Gasteiger partial charge in [-0.25, -0.2) is 0 Å². The number of amides is 1. The molecule has 1 aliphatic carbocycles. The first-order chi connectivity index (χ1) is 12.7. The molecule has 0 unspecified atom stereocenters. The number of nitrogens with one attached hydrogen (secondary N) is 1. The zero-order valence-electron chi connectivity index (χ0n) is 15.3. The summed E-state index contributed by atoms with van der Waals surface area (Å²) in [7, 11) is 0. The van der Waals surface area contributed by atoms with E-state index in [-0.39, 0.29) is 17.2 Å². The second-order valence-corrected chi connectivity index (χ2v) is 8.58. The Morgan fingerprint density at radius 1 is 1.19 bits per heavy atom. The van der Waals surface area contributed by atoms with Gasteiger partial charge in [0.1, 0.15) is 5.82 Å². The molecule has 2 aromatic rings. The van der Waals surface area contributed by atoms with Crippen molar-refractivity contribution in [3.8, 4) is 0 Å². The predicted molar refractivity (Wildman–Crippen MR) is 103 cm³/mol. The smallest absolute Gasteiger partial charge is 0.233 e. The lowest BCUT2D eigenvalue weighted by Crippen LogP contribution is -2.36. The van der Waals surface area contributed by atoms with Gasteiger partial charge in [-0.2, -0.15) is 0 Å². The van der Waals surface area contributed by atoms with E-state index < -0.39 is 0 Å². The predicted octanol–water partition coefficient (Wildman–Crippen LogP) is 3.68. The molecule has 2 aliphatic rings. The molecule has 6 heteroatoms. The van der Waals surface area contributed by atoms with Crippen LogP contribution in [0.15, 0.2) is 29.4 Å². The minimum atomic E-state index is -0.180. The van der Waals surface area contributed by atoms with E-state index in [2.05, 4.69) is 44.3 Å². The Labute approximate surface area is 159 Å². The zero-order chi connectivity index (χ0) is 17.9. The molecule has 0 spiro atoms. The van der Waals surface area contributed by atoms with Crippen LogP contribution in [-0.2, 0) is 24.2 Å². The summed E-state index contributed by atoms with van der Waals surface area (Å²) in [5, 5.41) is 12.6. The molecule has 1 N–H and O–H groups in total. The second-order valence-electron chi connectivity index (χ2n) is 7.27. The number of fused-ring (bicyclic) bond motifs is 2. The van der Waals surface area contributed by atoms with Crippen molar-refractivity contribution < 1.29 is 4.79 Å². The summed E-state index contributed by atoms with van der Waals surface area (Å²) in [6.45, 7) is 2.93. The lowest BCUT2D eigenvalue weighted by molar-refractivity contribution is -0.121. The van der Waals surface area contributed by atoms with Crippen LogP contribution >= 0.6 is 11.8 Å². The maximum Gasteiger partial charge on any atom is 0.233 e. The maximum atomic E-state index is 12.8. The lowest BCUT2D eigenvalue weighted by Gasteiger charge is -2.27. The summed E-state index contributed by atoms with van der Waals surface area (Å²) < 4.78 is 2.21. The number of carbonyl (C=O) groups is 1. The third-order valence-electron chi connectivity index (χ3n) is 5.41. The summed E-state index contributed by atoms with van der Waals surface area (Å²) in [5.74, 6) is 1.15. The second kappa shape index (κ2) is 7.82. The Balaban J connectivity index is 1.42. The van der Waals surface area contributed by atoms with E-state index in [0.717, 1.165) is 49.6 Å². The molecule has 1 amide bonds. The quantitative estimate of drug-likeness (QED) is 0.834. The van der Waals surface area contributed by atoms with Crippen molar-refractivity contribution in [3.05, 3.63) is 41.2 Å². The molecular formula is C20H26N4OS. The molecule has 0 saturated carbocycles. The molecule has 2 atom stereocenters. The van der Waals surface area contributed by atoms with Crippen molar-refractivity contribution in [2.45, 2.75) is 74.9 Å². The van der Waals surface area contributed by atoms with Crippen LogP contribution in [0.4, 0.5) is 0 Å². The highest BCUT2D eigenvalue weighted by Gasteiger charge is 2.25. The van der Waals surface area contributed by atoms with E-state index in [1.165, 1.54) is 35.7 Å². The van der Waals surface area contributed by atoms with Crippen molar-refractivity contribution in [1.29, 1.82) is 0 Å². The van der Waals surface area contributed by atoms with Gasteiger partial charge < -0.3 is 9.88 Å². The van der Waals surface area contributed by atoms with Crippen LogP contribution in [0.1, 0.15) is 62.0 Å². The number of thioether (sulfide) groups is 1. The number of aromatic nitrogens is 3. The summed E-state index contributed by atoms with van der Waals surface area (Å²) in [6, 6.07) is 8.60. The van der Waals surface area contributed by atoms with Crippen LogP contribution in [0.3, 0.4) is 0 Å². The molecule has 0 saturated heterocycles. The van der Waals surface area contributed by atoms with E-state index in [1.807, 2.05) is 6.92 Å². The largest absolute Gasteiger partial charge is 0.348 e. The van der Waals surface area contributed by atoms with E-state index >= 15 is 0 Å². The number of aryl methyl sites for hydroxylation is 2. The van der Waals surface area contributed by atoms with Crippen LogP contribution in [0, 0.1) is 0 Å².